The topological polar surface area (TPSA) is 70.2 Å². The minimum Gasteiger partial charge on any atom is -0.497 e. The highest BCUT2D eigenvalue weighted by Gasteiger charge is 2.26. The Labute approximate surface area is 177 Å². The minimum atomic E-state index is -0.0216. The fourth-order valence-electron chi connectivity index (χ4n) is 4.06. The van der Waals surface area contributed by atoms with E-state index >= 15 is 0 Å². The number of rotatable bonds is 6. The number of nitrogens with zero attached hydrogens (tertiary/aromatic N) is 2. The van der Waals surface area contributed by atoms with Crippen molar-refractivity contribution in [3.8, 4) is 16.9 Å². The van der Waals surface area contributed by atoms with Crippen molar-refractivity contribution < 1.29 is 9.53 Å². The van der Waals surface area contributed by atoms with E-state index in [4.69, 9.17) is 4.74 Å². The molecule has 0 radical (unpaired) electrons. The van der Waals surface area contributed by atoms with Gasteiger partial charge in [0.1, 0.15) is 11.6 Å². The van der Waals surface area contributed by atoms with Crippen LogP contribution in [0.3, 0.4) is 0 Å². The number of aromatic nitrogens is 2. The largest absolute Gasteiger partial charge is 0.497 e. The zero-order valence-electron chi connectivity index (χ0n) is 17.5. The Balaban J connectivity index is 1.44. The predicted octanol–water partition coefficient (Wildman–Crippen LogP) is 4.24. The molecule has 6 heteroatoms. The van der Waals surface area contributed by atoms with Crippen LogP contribution in [0.5, 0.6) is 5.75 Å². The highest BCUT2D eigenvalue weighted by Crippen LogP contribution is 2.30. The molecule has 0 aliphatic carbocycles. The third-order valence-corrected chi connectivity index (χ3v) is 5.61. The molecule has 2 aromatic carbocycles. The van der Waals surface area contributed by atoms with Gasteiger partial charge in [0, 0.05) is 36.2 Å². The second-order valence-corrected chi connectivity index (χ2v) is 7.83. The molecule has 30 heavy (non-hydrogen) atoms. The number of H-pyrrole nitrogens is 1. The van der Waals surface area contributed by atoms with E-state index in [0.717, 1.165) is 66.6 Å². The molecule has 1 aliphatic rings. The van der Waals surface area contributed by atoms with Crippen molar-refractivity contribution in [3.05, 3.63) is 66.2 Å². The first-order valence-electron chi connectivity index (χ1n) is 10.4. The molecule has 1 amide bonds. The van der Waals surface area contributed by atoms with E-state index in [-0.39, 0.29) is 11.8 Å². The Morgan fingerprint density at radius 1 is 1.23 bits per heavy atom. The molecule has 6 nitrogen and oxygen atoms in total. The molecular weight excluding hydrogens is 376 g/mol. The molecule has 4 rings (SSSR count). The van der Waals surface area contributed by atoms with Crippen LogP contribution in [0.25, 0.3) is 11.1 Å². The van der Waals surface area contributed by atoms with Gasteiger partial charge in [0.05, 0.1) is 13.0 Å². The van der Waals surface area contributed by atoms with E-state index in [1.807, 2.05) is 61.7 Å². The fourth-order valence-corrected chi connectivity index (χ4v) is 4.06. The van der Waals surface area contributed by atoms with E-state index in [9.17, 15) is 4.79 Å². The van der Waals surface area contributed by atoms with Crippen molar-refractivity contribution in [1.82, 2.24) is 14.9 Å². The van der Waals surface area contributed by atoms with Crippen LogP contribution in [-0.2, 0) is 11.3 Å². The van der Waals surface area contributed by atoms with Crippen LogP contribution in [0.1, 0.15) is 24.4 Å². The van der Waals surface area contributed by atoms with Crippen molar-refractivity contribution in [3.63, 3.8) is 0 Å². The maximum atomic E-state index is 13.1. The number of imidazole rings is 1. The van der Waals surface area contributed by atoms with Gasteiger partial charge in [-0.25, -0.2) is 4.98 Å². The van der Waals surface area contributed by atoms with E-state index in [1.54, 1.807) is 7.11 Å². The lowest BCUT2D eigenvalue weighted by Crippen LogP contribution is -2.40. The molecule has 1 saturated heterocycles. The first-order chi connectivity index (χ1) is 14.6. The number of hydrogen-bond donors (Lipinski definition) is 2. The van der Waals surface area contributed by atoms with Crippen molar-refractivity contribution in [2.45, 2.75) is 26.3 Å². The summed E-state index contributed by atoms with van der Waals surface area (Å²) in [5, 5.41) is 3.18. The van der Waals surface area contributed by atoms with Gasteiger partial charge < -0.3 is 15.0 Å². The normalized spacial score (nSPS) is 16.9. The van der Waals surface area contributed by atoms with Gasteiger partial charge >= 0.3 is 0 Å². The Kier molecular flexibility index (Phi) is 6.14. The molecule has 0 saturated carbocycles. The van der Waals surface area contributed by atoms with Gasteiger partial charge in [0.2, 0.25) is 5.91 Å². The van der Waals surface area contributed by atoms with Crippen LogP contribution in [0.4, 0.5) is 5.69 Å². The van der Waals surface area contributed by atoms with Gasteiger partial charge in [0.15, 0.2) is 0 Å². The molecule has 0 unspecified atom stereocenters. The monoisotopic (exact) mass is 404 g/mol. The molecule has 1 aliphatic heterocycles. The highest BCUT2D eigenvalue weighted by molar-refractivity contribution is 5.97. The third kappa shape index (κ3) is 4.71. The number of hydrogen-bond acceptors (Lipinski definition) is 4. The van der Waals surface area contributed by atoms with Crippen LogP contribution in [-0.4, -0.2) is 41.0 Å². The van der Waals surface area contributed by atoms with Crippen LogP contribution in [0.2, 0.25) is 0 Å². The van der Waals surface area contributed by atoms with Crippen LogP contribution < -0.4 is 10.1 Å². The highest BCUT2D eigenvalue weighted by atomic mass is 16.5. The average Bonchev–Trinajstić information content (AvgIpc) is 3.19. The fraction of sp³-hybridized carbons (Fsp3) is 0.333. The van der Waals surface area contributed by atoms with Crippen molar-refractivity contribution >= 4 is 11.6 Å². The lowest BCUT2D eigenvalue weighted by molar-refractivity contribution is -0.121. The molecule has 2 N–H and O–H groups in total. The Morgan fingerprint density at radius 2 is 2.03 bits per heavy atom. The quantitative estimate of drug-likeness (QED) is 0.645. The van der Waals surface area contributed by atoms with E-state index < -0.39 is 0 Å². The summed E-state index contributed by atoms with van der Waals surface area (Å²) in [6.45, 7) is 4.52. The zero-order chi connectivity index (χ0) is 20.9. The van der Waals surface area contributed by atoms with Crippen molar-refractivity contribution in [1.29, 1.82) is 0 Å². The number of anilines is 1. The number of methoxy groups -OCH3 is 1. The first kappa shape index (κ1) is 20.2. The predicted molar refractivity (Wildman–Crippen MR) is 118 cm³/mol. The van der Waals surface area contributed by atoms with E-state index in [1.165, 1.54) is 0 Å². The summed E-state index contributed by atoms with van der Waals surface area (Å²) in [6.07, 6.45) is 3.81. The summed E-state index contributed by atoms with van der Waals surface area (Å²) in [4.78, 5) is 23.0. The molecule has 3 aromatic rings. The van der Waals surface area contributed by atoms with Gasteiger partial charge in [-0.3, -0.25) is 9.69 Å². The molecule has 0 bridgehead atoms. The summed E-state index contributed by atoms with van der Waals surface area (Å²) in [7, 11) is 1.66. The summed E-state index contributed by atoms with van der Waals surface area (Å²) in [6, 6.07) is 15.8. The summed E-state index contributed by atoms with van der Waals surface area (Å²) in [5.74, 6) is 1.80. The Hall–Kier alpha value is -3.12. The summed E-state index contributed by atoms with van der Waals surface area (Å²) < 4.78 is 5.25. The number of piperidine rings is 1. The van der Waals surface area contributed by atoms with E-state index in [0.29, 0.717) is 0 Å². The number of aryl methyl sites for hydroxylation is 1. The summed E-state index contributed by atoms with van der Waals surface area (Å²) in [5.41, 5.74) is 3.99. The number of amides is 1. The Bertz CT molecular complexity index is 996. The smallest absolute Gasteiger partial charge is 0.228 e. The average molecular weight is 405 g/mol. The lowest BCUT2D eigenvalue weighted by Gasteiger charge is -2.31. The second kappa shape index (κ2) is 9.13. The van der Waals surface area contributed by atoms with E-state index in [2.05, 4.69) is 20.2 Å². The molecule has 1 aromatic heterocycles. The Morgan fingerprint density at radius 3 is 2.77 bits per heavy atom. The lowest BCUT2D eigenvalue weighted by atomic mass is 9.96. The van der Waals surface area contributed by atoms with Gasteiger partial charge in [-0.1, -0.05) is 30.3 Å². The van der Waals surface area contributed by atoms with Crippen LogP contribution in [0.15, 0.2) is 54.7 Å². The van der Waals surface area contributed by atoms with Gasteiger partial charge in [-0.05, 0) is 50.1 Å². The number of nitrogens with one attached hydrogen (secondary N) is 2. The van der Waals surface area contributed by atoms with Crippen LogP contribution in [0, 0.1) is 12.8 Å². The number of likely N-dealkylation sites (tertiary alicyclic amines) is 1. The number of carbonyl (C=O) groups excluding carboxylic acids is 1. The molecule has 2 heterocycles. The second-order valence-electron chi connectivity index (χ2n) is 7.83. The maximum absolute atomic E-state index is 13.1. The third-order valence-electron chi connectivity index (χ3n) is 5.61. The number of para-hydroxylation sites is 1. The minimum absolute atomic E-state index is 0.0216. The SMILES string of the molecule is COc1ccc(-c2ccccc2NC(=O)[C@@H]2CCCN(Cc3cnc(C)[nH]3)C2)cc1. The van der Waals surface area contributed by atoms with Crippen molar-refractivity contribution in [2.75, 3.05) is 25.5 Å². The number of carbonyl (C=O) groups is 1. The number of ether oxygens (including phenoxy) is 1. The molecular formula is C24H28N4O2. The van der Waals surface area contributed by atoms with Gasteiger partial charge in [0.25, 0.3) is 0 Å². The van der Waals surface area contributed by atoms with Crippen LogP contribution >= 0.6 is 0 Å². The first-order valence-corrected chi connectivity index (χ1v) is 10.4. The molecule has 1 fully saturated rings. The number of aromatic amines is 1. The molecule has 156 valence electrons. The standard InChI is InChI=1S/C24H28N4O2/c1-17-25-14-20(26-17)16-28-13-5-6-19(15-28)24(29)27-23-8-4-3-7-22(23)18-9-11-21(30-2)12-10-18/h3-4,7-12,14,19H,5-6,13,15-16H2,1-2H3,(H,25,26)(H,27,29)/t19-/m1/s1. The van der Waals surface area contributed by atoms with Gasteiger partial charge in [-0.15, -0.1) is 0 Å². The maximum Gasteiger partial charge on any atom is 0.228 e. The van der Waals surface area contributed by atoms with Crippen molar-refractivity contribution in [2.24, 2.45) is 5.92 Å². The number of benzene rings is 2. The van der Waals surface area contributed by atoms with Gasteiger partial charge in [-0.2, -0.15) is 0 Å². The molecule has 0 spiro atoms. The summed E-state index contributed by atoms with van der Waals surface area (Å²) >= 11 is 0. The molecule has 1 atom stereocenters. The zero-order valence-corrected chi connectivity index (χ0v) is 17.5.